The Morgan fingerprint density at radius 1 is 1.33 bits per heavy atom. The van der Waals surface area contributed by atoms with Gasteiger partial charge in [0.25, 0.3) is 0 Å². The Hall–Kier alpha value is -0.840. The summed E-state index contributed by atoms with van der Waals surface area (Å²) in [4.78, 5) is 2.35. The third kappa shape index (κ3) is 4.12. The van der Waals surface area contributed by atoms with Crippen LogP contribution in [0.4, 0.5) is 4.39 Å². The molecule has 1 aliphatic heterocycles. The third-order valence-corrected chi connectivity index (χ3v) is 3.06. The SMILES string of the molecule is COc1ccc(CN2CCCNCC2)cc1F.Cl. The summed E-state index contributed by atoms with van der Waals surface area (Å²) in [5.41, 5.74) is 1.00. The zero-order valence-corrected chi connectivity index (χ0v) is 11.4. The maximum atomic E-state index is 13.5. The number of ether oxygens (including phenoxy) is 1. The molecule has 1 aromatic rings. The highest BCUT2D eigenvalue weighted by molar-refractivity contribution is 5.85. The topological polar surface area (TPSA) is 24.5 Å². The molecule has 1 aliphatic rings. The van der Waals surface area contributed by atoms with Crippen molar-refractivity contribution in [3.8, 4) is 5.75 Å². The second kappa shape index (κ2) is 7.56. The van der Waals surface area contributed by atoms with Crippen molar-refractivity contribution in [1.29, 1.82) is 0 Å². The number of halogens is 2. The fourth-order valence-electron chi connectivity index (χ4n) is 2.13. The number of nitrogens with zero attached hydrogens (tertiary/aromatic N) is 1. The molecule has 0 unspecified atom stereocenters. The van der Waals surface area contributed by atoms with Crippen LogP contribution in [0, 0.1) is 5.82 Å². The summed E-state index contributed by atoms with van der Waals surface area (Å²) in [6.45, 7) is 4.99. The van der Waals surface area contributed by atoms with E-state index in [0.29, 0.717) is 5.75 Å². The molecule has 0 bridgehead atoms. The second-order valence-corrected chi connectivity index (χ2v) is 4.35. The molecule has 1 saturated heterocycles. The number of nitrogens with one attached hydrogen (secondary N) is 1. The van der Waals surface area contributed by atoms with Gasteiger partial charge in [-0.1, -0.05) is 6.07 Å². The van der Waals surface area contributed by atoms with E-state index in [4.69, 9.17) is 4.74 Å². The summed E-state index contributed by atoms with van der Waals surface area (Å²) < 4.78 is 18.4. The normalized spacial score (nSPS) is 16.8. The average molecular weight is 275 g/mol. The molecule has 0 aliphatic carbocycles. The van der Waals surface area contributed by atoms with E-state index in [1.54, 1.807) is 12.1 Å². The van der Waals surface area contributed by atoms with Crippen LogP contribution in [0.1, 0.15) is 12.0 Å². The Bertz CT molecular complexity index is 368. The minimum atomic E-state index is -0.280. The first-order valence-corrected chi connectivity index (χ1v) is 6.05. The fourth-order valence-corrected chi connectivity index (χ4v) is 2.13. The lowest BCUT2D eigenvalue weighted by Crippen LogP contribution is -2.27. The van der Waals surface area contributed by atoms with Crippen molar-refractivity contribution in [2.45, 2.75) is 13.0 Å². The van der Waals surface area contributed by atoms with E-state index in [1.807, 2.05) is 6.07 Å². The van der Waals surface area contributed by atoms with Gasteiger partial charge in [0, 0.05) is 19.6 Å². The lowest BCUT2D eigenvalue weighted by Gasteiger charge is -2.19. The van der Waals surface area contributed by atoms with Crippen molar-refractivity contribution < 1.29 is 9.13 Å². The van der Waals surface area contributed by atoms with E-state index in [-0.39, 0.29) is 18.2 Å². The van der Waals surface area contributed by atoms with Crippen LogP contribution >= 0.6 is 12.4 Å². The van der Waals surface area contributed by atoms with Gasteiger partial charge in [0.2, 0.25) is 0 Å². The summed E-state index contributed by atoms with van der Waals surface area (Å²) in [5.74, 6) is 0.0317. The predicted molar refractivity (Wildman–Crippen MR) is 73.0 cm³/mol. The van der Waals surface area contributed by atoms with Crippen LogP contribution in [0.3, 0.4) is 0 Å². The average Bonchev–Trinajstić information content (AvgIpc) is 2.58. The molecule has 1 N–H and O–H groups in total. The highest BCUT2D eigenvalue weighted by Crippen LogP contribution is 2.18. The van der Waals surface area contributed by atoms with Crippen molar-refractivity contribution in [1.82, 2.24) is 10.2 Å². The molecule has 0 spiro atoms. The Morgan fingerprint density at radius 2 is 2.17 bits per heavy atom. The summed E-state index contributed by atoms with van der Waals surface area (Å²) in [5, 5.41) is 3.36. The summed E-state index contributed by atoms with van der Waals surface area (Å²) in [7, 11) is 1.48. The van der Waals surface area contributed by atoms with Gasteiger partial charge >= 0.3 is 0 Å². The number of benzene rings is 1. The maximum absolute atomic E-state index is 13.5. The quantitative estimate of drug-likeness (QED) is 0.913. The number of hydrogen-bond donors (Lipinski definition) is 1. The van der Waals surface area contributed by atoms with Crippen molar-refractivity contribution in [3.05, 3.63) is 29.6 Å². The first kappa shape index (κ1) is 15.2. The van der Waals surface area contributed by atoms with Crippen LogP contribution in [0.5, 0.6) is 5.75 Å². The molecule has 102 valence electrons. The minimum absolute atomic E-state index is 0. The van der Waals surface area contributed by atoms with Gasteiger partial charge in [0.15, 0.2) is 11.6 Å². The van der Waals surface area contributed by atoms with Gasteiger partial charge in [-0.2, -0.15) is 0 Å². The zero-order valence-electron chi connectivity index (χ0n) is 10.6. The number of hydrogen-bond acceptors (Lipinski definition) is 3. The highest BCUT2D eigenvalue weighted by Gasteiger charge is 2.10. The van der Waals surface area contributed by atoms with E-state index in [1.165, 1.54) is 7.11 Å². The summed E-state index contributed by atoms with van der Waals surface area (Å²) >= 11 is 0. The molecule has 0 amide bonds. The van der Waals surface area contributed by atoms with E-state index in [0.717, 1.165) is 44.7 Å². The Kier molecular flexibility index (Phi) is 6.39. The molecule has 1 fully saturated rings. The molecule has 0 aromatic heterocycles. The Labute approximate surface area is 114 Å². The van der Waals surface area contributed by atoms with Gasteiger partial charge in [-0.05, 0) is 37.2 Å². The molecule has 0 saturated carbocycles. The lowest BCUT2D eigenvalue weighted by atomic mass is 10.2. The van der Waals surface area contributed by atoms with Gasteiger partial charge in [-0.15, -0.1) is 12.4 Å². The van der Waals surface area contributed by atoms with Crippen LogP contribution in [-0.2, 0) is 6.54 Å². The van der Waals surface area contributed by atoms with Crippen molar-refractivity contribution in [2.75, 3.05) is 33.3 Å². The van der Waals surface area contributed by atoms with Gasteiger partial charge in [0.05, 0.1) is 7.11 Å². The molecule has 3 nitrogen and oxygen atoms in total. The molecule has 0 atom stereocenters. The van der Waals surface area contributed by atoms with E-state index < -0.39 is 0 Å². The van der Waals surface area contributed by atoms with Crippen molar-refractivity contribution >= 4 is 12.4 Å². The van der Waals surface area contributed by atoms with E-state index >= 15 is 0 Å². The van der Waals surface area contributed by atoms with Gasteiger partial charge in [-0.3, -0.25) is 4.90 Å². The fraction of sp³-hybridized carbons (Fsp3) is 0.538. The molecule has 18 heavy (non-hydrogen) atoms. The molecular formula is C13H20ClFN2O. The van der Waals surface area contributed by atoms with E-state index in [2.05, 4.69) is 10.2 Å². The largest absolute Gasteiger partial charge is 0.494 e. The van der Waals surface area contributed by atoms with Gasteiger partial charge in [-0.25, -0.2) is 4.39 Å². The van der Waals surface area contributed by atoms with Crippen molar-refractivity contribution in [2.24, 2.45) is 0 Å². The van der Waals surface area contributed by atoms with Crippen LogP contribution < -0.4 is 10.1 Å². The summed E-state index contributed by atoms with van der Waals surface area (Å²) in [6, 6.07) is 5.19. The third-order valence-electron chi connectivity index (χ3n) is 3.06. The van der Waals surface area contributed by atoms with Gasteiger partial charge < -0.3 is 10.1 Å². The lowest BCUT2D eigenvalue weighted by molar-refractivity contribution is 0.283. The number of methoxy groups -OCH3 is 1. The molecule has 1 heterocycles. The van der Waals surface area contributed by atoms with Crippen LogP contribution in [0.15, 0.2) is 18.2 Å². The molecule has 0 radical (unpaired) electrons. The predicted octanol–water partition coefficient (Wildman–Crippen LogP) is 2.05. The number of rotatable bonds is 3. The maximum Gasteiger partial charge on any atom is 0.165 e. The van der Waals surface area contributed by atoms with Crippen LogP contribution in [0.2, 0.25) is 0 Å². The minimum Gasteiger partial charge on any atom is -0.494 e. The van der Waals surface area contributed by atoms with Crippen molar-refractivity contribution in [3.63, 3.8) is 0 Å². The first-order chi connectivity index (χ1) is 8.29. The monoisotopic (exact) mass is 274 g/mol. The molecule has 5 heteroatoms. The Balaban J connectivity index is 0.00000162. The van der Waals surface area contributed by atoms with E-state index in [9.17, 15) is 4.39 Å². The summed E-state index contributed by atoms with van der Waals surface area (Å²) in [6.07, 6.45) is 1.15. The molecular weight excluding hydrogens is 255 g/mol. The first-order valence-electron chi connectivity index (χ1n) is 6.05. The zero-order chi connectivity index (χ0) is 12.1. The van der Waals surface area contributed by atoms with Crippen LogP contribution in [-0.4, -0.2) is 38.2 Å². The standard InChI is InChI=1S/C13H19FN2O.ClH/c1-17-13-4-3-11(9-12(13)14)10-16-7-2-5-15-6-8-16;/h3-4,9,15H,2,5-8,10H2,1H3;1H. The molecule has 2 rings (SSSR count). The van der Waals surface area contributed by atoms with Gasteiger partial charge in [0.1, 0.15) is 0 Å². The molecule has 1 aromatic carbocycles. The smallest absolute Gasteiger partial charge is 0.165 e. The van der Waals surface area contributed by atoms with Crippen LogP contribution in [0.25, 0.3) is 0 Å². The highest BCUT2D eigenvalue weighted by atomic mass is 35.5. The Morgan fingerprint density at radius 3 is 2.89 bits per heavy atom. The second-order valence-electron chi connectivity index (χ2n) is 4.35.